The number of aliphatic hydroxyl groups excluding tert-OH is 5. The maximum atomic E-state index is 11.3. The summed E-state index contributed by atoms with van der Waals surface area (Å²) in [6, 6.07) is 0. The van der Waals surface area contributed by atoms with Crippen LogP contribution in [0.25, 0.3) is 0 Å². The Hall–Kier alpha value is -0.460. The van der Waals surface area contributed by atoms with Crippen LogP contribution < -0.4 is 0 Å². The third kappa shape index (κ3) is 3.80. The SMILES string of the molecule is CC(C=CC(C)C1CC(O)C2C3CC(O)C4C(O)C(O)CCC4(C)C3CCC12C)CCO. The van der Waals surface area contributed by atoms with Crippen LogP contribution in [0, 0.1) is 52.3 Å². The van der Waals surface area contributed by atoms with Gasteiger partial charge in [0, 0.05) is 12.5 Å². The Labute approximate surface area is 193 Å². The second-order valence-electron chi connectivity index (χ2n) is 12.4. The zero-order chi connectivity index (χ0) is 23.4. The van der Waals surface area contributed by atoms with Gasteiger partial charge in [0.25, 0.3) is 0 Å². The van der Waals surface area contributed by atoms with Crippen molar-refractivity contribution in [2.24, 2.45) is 52.3 Å². The number of rotatable bonds is 5. The first-order valence-corrected chi connectivity index (χ1v) is 13.1. The first-order valence-electron chi connectivity index (χ1n) is 13.1. The van der Waals surface area contributed by atoms with E-state index < -0.39 is 18.3 Å². The molecule has 5 N–H and O–H groups in total. The van der Waals surface area contributed by atoms with Crippen LogP contribution in [0.1, 0.15) is 72.6 Å². The van der Waals surface area contributed by atoms with Crippen molar-refractivity contribution in [2.75, 3.05) is 6.61 Å². The number of allylic oxidation sites excluding steroid dienone is 2. The average molecular weight is 451 g/mol. The number of aliphatic hydroxyl groups is 5. The molecule has 0 radical (unpaired) electrons. The van der Waals surface area contributed by atoms with Crippen LogP contribution in [0.2, 0.25) is 0 Å². The van der Waals surface area contributed by atoms with Crippen molar-refractivity contribution in [1.29, 1.82) is 0 Å². The van der Waals surface area contributed by atoms with Crippen LogP contribution in [0.3, 0.4) is 0 Å². The Morgan fingerprint density at radius 2 is 1.50 bits per heavy atom. The largest absolute Gasteiger partial charge is 0.396 e. The topological polar surface area (TPSA) is 101 Å². The fourth-order valence-corrected chi connectivity index (χ4v) is 9.11. The minimum Gasteiger partial charge on any atom is -0.396 e. The number of fused-ring (bicyclic) bond motifs is 5. The molecule has 0 aromatic rings. The standard InChI is InChI=1S/C27H46O5/c1-15(9-12-28)5-6-16(2)19-14-22(31)23-17-13-21(30)24-25(32)20(29)8-11-26(24,3)18(17)7-10-27(19,23)4/h5-6,15-25,28-32H,7-14H2,1-4H3. The zero-order valence-corrected chi connectivity index (χ0v) is 20.4. The van der Waals surface area contributed by atoms with Crippen LogP contribution in [0.15, 0.2) is 12.2 Å². The molecule has 0 spiro atoms. The van der Waals surface area contributed by atoms with E-state index in [1.54, 1.807) is 0 Å². The van der Waals surface area contributed by atoms with Crippen molar-refractivity contribution in [1.82, 2.24) is 0 Å². The molecule has 0 bridgehead atoms. The molecule has 0 amide bonds. The van der Waals surface area contributed by atoms with E-state index >= 15 is 0 Å². The minimum absolute atomic E-state index is 0.0419. The van der Waals surface area contributed by atoms with E-state index in [4.69, 9.17) is 0 Å². The van der Waals surface area contributed by atoms with Crippen LogP contribution in [-0.4, -0.2) is 56.6 Å². The smallest absolute Gasteiger partial charge is 0.0857 e. The fourth-order valence-electron chi connectivity index (χ4n) is 9.11. The fraction of sp³-hybridized carbons (Fsp3) is 0.926. The monoisotopic (exact) mass is 450 g/mol. The Morgan fingerprint density at radius 1 is 0.844 bits per heavy atom. The number of hydrogen-bond acceptors (Lipinski definition) is 5. The van der Waals surface area contributed by atoms with E-state index in [9.17, 15) is 25.5 Å². The van der Waals surface area contributed by atoms with Crippen LogP contribution in [0.5, 0.6) is 0 Å². The van der Waals surface area contributed by atoms with Crippen molar-refractivity contribution in [3.8, 4) is 0 Å². The van der Waals surface area contributed by atoms with E-state index in [0.717, 1.165) is 32.1 Å². The molecule has 4 saturated carbocycles. The quantitative estimate of drug-likeness (QED) is 0.414. The lowest BCUT2D eigenvalue weighted by atomic mass is 9.43. The third-order valence-corrected chi connectivity index (χ3v) is 10.7. The van der Waals surface area contributed by atoms with Gasteiger partial charge in [0.05, 0.1) is 24.4 Å². The van der Waals surface area contributed by atoms with Crippen molar-refractivity contribution < 1.29 is 25.5 Å². The third-order valence-electron chi connectivity index (χ3n) is 10.7. The molecule has 4 fully saturated rings. The summed E-state index contributed by atoms with van der Waals surface area (Å²) < 4.78 is 0. The highest BCUT2D eigenvalue weighted by molar-refractivity contribution is 5.15. The van der Waals surface area contributed by atoms with E-state index in [2.05, 4.69) is 39.8 Å². The summed E-state index contributed by atoms with van der Waals surface area (Å²) in [7, 11) is 0. The first-order chi connectivity index (χ1) is 15.0. The molecule has 0 saturated heterocycles. The van der Waals surface area contributed by atoms with Gasteiger partial charge in [-0.05, 0) is 91.3 Å². The molecule has 13 atom stereocenters. The summed E-state index contributed by atoms with van der Waals surface area (Å²) in [5, 5.41) is 52.7. The van der Waals surface area contributed by atoms with Crippen molar-refractivity contribution >= 4 is 0 Å². The molecule has 184 valence electrons. The summed E-state index contributed by atoms with van der Waals surface area (Å²) >= 11 is 0. The normalized spacial score (nSPS) is 52.8. The molecular formula is C27H46O5. The molecule has 0 aliphatic heterocycles. The van der Waals surface area contributed by atoms with Gasteiger partial charge < -0.3 is 25.5 Å². The van der Waals surface area contributed by atoms with Gasteiger partial charge >= 0.3 is 0 Å². The summed E-state index contributed by atoms with van der Waals surface area (Å²) in [4.78, 5) is 0. The lowest BCUT2D eigenvalue weighted by Gasteiger charge is -2.63. The number of hydrogen-bond donors (Lipinski definition) is 5. The van der Waals surface area contributed by atoms with Gasteiger partial charge in [0.2, 0.25) is 0 Å². The molecule has 4 aliphatic carbocycles. The molecule has 5 heteroatoms. The zero-order valence-electron chi connectivity index (χ0n) is 20.4. The second-order valence-corrected chi connectivity index (χ2v) is 12.4. The molecule has 4 rings (SSSR count). The highest BCUT2D eigenvalue weighted by atomic mass is 16.3. The van der Waals surface area contributed by atoms with Crippen LogP contribution in [0.4, 0.5) is 0 Å². The molecule has 4 aliphatic rings. The molecule has 0 aromatic carbocycles. The maximum Gasteiger partial charge on any atom is 0.0857 e. The van der Waals surface area contributed by atoms with Gasteiger partial charge in [0.1, 0.15) is 0 Å². The van der Waals surface area contributed by atoms with E-state index in [1.807, 2.05) is 0 Å². The van der Waals surface area contributed by atoms with Gasteiger partial charge in [-0.3, -0.25) is 0 Å². The molecular weight excluding hydrogens is 404 g/mol. The second kappa shape index (κ2) is 8.96. The van der Waals surface area contributed by atoms with E-state index in [0.29, 0.717) is 36.5 Å². The van der Waals surface area contributed by atoms with E-state index in [-0.39, 0.29) is 41.3 Å². The van der Waals surface area contributed by atoms with Gasteiger partial charge in [-0.25, -0.2) is 0 Å². The lowest BCUT2D eigenvalue weighted by Crippen LogP contribution is -2.63. The Balaban J connectivity index is 1.58. The Kier molecular flexibility index (Phi) is 6.90. The van der Waals surface area contributed by atoms with Gasteiger partial charge in [-0.1, -0.05) is 39.8 Å². The van der Waals surface area contributed by atoms with Crippen LogP contribution >= 0.6 is 0 Å². The van der Waals surface area contributed by atoms with Crippen molar-refractivity contribution in [3.63, 3.8) is 0 Å². The minimum atomic E-state index is -0.856. The molecule has 0 heterocycles. The summed E-state index contributed by atoms with van der Waals surface area (Å²) in [5.41, 5.74) is -0.147. The van der Waals surface area contributed by atoms with Crippen molar-refractivity contribution in [2.45, 2.75) is 97.1 Å². The lowest BCUT2D eigenvalue weighted by molar-refractivity contribution is -0.217. The predicted molar refractivity (Wildman–Crippen MR) is 125 cm³/mol. The summed E-state index contributed by atoms with van der Waals surface area (Å²) in [6.07, 6.45) is 7.71. The van der Waals surface area contributed by atoms with Crippen molar-refractivity contribution in [3.05, 3.63) is 12.2 Å². The van der Waals surface area contributed by atoms with Gasteiger partial charge in [-0.2, -0.15) is 0 Å². The van der Waals surface area contributed by atoms with Crippen LogP contribution in [-0.2, 0) is 0 Å². The first kappa shape index (κ1) is 24.7. The molecule has 5 nitrogen and oxygen atoms in total. The predicted octanol–water partition coefficient (Wildman–Crippen LogP) is 3.13. The summed E-state index contributed by atoms with van der Waals surface area (Å²) in [5.74, 6) is 1.65. The highest BCUT2D eigenvalue weighted by Crippen LogP contribution is 2.68. The Morgan fingerprint density at radius 3 is 2.19 bits per heavy atom. The molecule has 32 heavy (non-hydrogen) atoms. The Bertz CT molecular complexity index is 696. The molecule has 13 unspecified atom stereocenters. The molecule has 0 aromatic heterocycles. The highest BCUT2D eigenvalue weighted by Gasteiger charge is 2.65. The summed E-state index contributed by atoms with van der Waals surface area (Å²) in [6.45, 7) is 9.21. The van der Waals surface area contributed by atoms with E-state index in [1.165, 1.54) is 0 Å². The average Bonchev–Trinajstić information content (AvgIpc) is 3.00. The van der Waals surface area contributed by atoms with Gasteiger partial charge in [0.15, 0.2) is 0 Å². The maximum absolute atomic E-state index is 11.3. The van der Waals surface area contributed by atoms with Gasteiger partial charge in [-0.15, -0.1) is 0 Å².